The van der Waals surface area contributed by atoms with Crippen LogP contribution in [0.25, 0.3) is 0 Å². The van der Waals surface area contributed by atoms with Crippen molar-refractivity contribution in [1.29, 1.82) is 0 Å². The Morgan fingerprint density at radius 1 is 1.45 bits per heavy atom. The summed E-state index contributed by atoms with van der Waals surface area (Å²) in [7, 11) is 0. The lowest BCUT2D eigenvalue weighted by Gasteiger charge is -2.39. The van der Waals surface area contributed by atoms with Crippen LogP contribution in [0, 0.1) is 5.92 Å². The van der Waals surface area contributed by atoms with E-state index < -0.39 is 17.2 Å². The summed E-state index contributed by atoms with van der Waals surface area (Å²) >= 11 is 6.36. The van der Waals surface area contributed by atoms with E-state index in [4.69, 9.17) is 31.8 Å². The van der Waals surface area contributed by atoms with Crippen LogP contribution in [0.5, 0.6) is 0 Å². The number of alkyl carbamates (subject to hydrolysis) is 1. The topological polar surface area (TPSA) is 106 Å². The maximum absolute atomic E-state index is 13.2. The molecule has 9 heteroatoms. The molecule has 0 bridgehead atoms. The summed E-state index contributed by atoms with van der Waals surface area (Å²) in [5.74, 6) is -0.106. The van der Waals surface area contributed by atoms with E-state index in [1.165, 1.54) is 4.90 Å². The van der Waals surface area contributed by atoms with Crippen LogP contribution in [-0.4, -0.2) is 42.3 Å². The highest BCUT2D eigenvalue weighted by Crippen LogP contribution is 2.39. The fourth-order valence-electron chi connectivity index (χ4n) is 3.53. The summed E-state index contributed by atoms with van der Waals surface area (Å²) in [5, 5.41) is 2.85. The smallest absolute Gasteiger partial charge is 0.414 e. The SMILES string of the molecule is CC(C)(C)OC(=O)NC1=NC(C)(C2CCOC2)CC(=O)N1c1cccc(N)c1Cl. The molecular formula is C20H27ClN4O4. The van der Waals surface area contributed by atoms with Crippen LogP contribution in [-0.2, 0) is 14.3 Å². The maximum Gasteiger partial charge on any atom is 0.414 e. The van der Waals surface area contributed by atoms with Gasteiger partial charge in [0.2, 0.25) is 11.9 Å². The van der Waals surface area contributed by atoms with Crippen LogP contribution in [0.4, 0.5) is 16.2 Å². The van der Waals surface area contributed by atoms with Gasteiger partial charge in [0.1, 0.15) is 5.60 Å². The molecule has 0 aromatic heterocycles. The molecular weight excluding hydrogens is 396 g/mol. The Labute approximate surface area is 175 Å². The third kappa shape index (κ3) is 4.64. The number of benzene rings is 1. The number of aliphatic imine (C=N–C) groups is 1. The third-order valence-electron chi connectivity index (χ3n) is 5.00. The molecule has 2 amide bonds. The molecule has 1 saturated heterocycles. The summed E-state index contributed by atoms with van der Waals surface area (Å²) in [6.07, 6.45) is 0.249. The van der Waals surface area contributed by atoms with Crippen LogP contribution in [0.2, 0.25) is 5.02 Å². The minimum absolute atomic E-state index is 0.0670. The Kier molecular flexibility index (Phi) is 5.78. The summed E-state index contributed by atoms with van der Waals surface area (Å²) in [5.41, 5.74) is 5.19. The lowest BCUT2D eigenvalue weighted by molar-refractivity contribution is -0.119. The van der Waals surface area contributed by atoms with Gasteiger partial charge in [-0.25, -0.2) is 14.7 Å². The lowest BCUT2D eigenvalue weighted by atomic mass is 9.81. The molecule has 2 aliphatic heterocycles. The molecule has 0 spiro atoms. The van der Waals surface area contributed by atoms with Gasteiger partial charge in [-0.3, -0.25) is 10.1 Å². The molecule has 3 N–H and O–H groups in total. The summed E-state index contributed by atoms with van der Waals surface area (Å²) in [6, 6.07) is 4.98. The molecule has 8 nitrogen and oxygen atoms in total. The Balaban J connectivity index is 2.02. The van der Waals surface area contributed by atoms with Crippen LogP contribution in [0.1, 0.15) is 40.5 Å². The molecule has 2 atom stereocenters. The average Bonchev–Trinajstić information content (AvgIpc) is 3.11. The number of halogens is 1. The first-order valence-electron chi connectivity index (χ1n) is 9.55. The van der Waals surface area contributed by atoms with Gasteiger partial charge in [0.25, 0.3) is 0 Å². The number of carbonyl (C=O) groups excluding carboxylic acids is 2. The molecule has 0 aliphatic carbocycles. The first kappa shape index (κ1) is 21.4. The standard InChI is InChI=1S/C20H27ClN4O4/c1-19(2,3)29-18(27)23-17-24-20(4,12-8-9-28-11-12)10-15(26)25(17)14-7-5-6-13(22)16(14)21/h5-7,12H,8-11,22H2,1-4H3,(H,23,24,27). The van der Waals surface area contributed by atoms with Crippen molar-refractivity contribution in [1.82, 2.24) is 5.32 Å². The van der Waals surface area contributed by atoms with E-state index in [9.17, 15) is 9.59 Å². The van der Waals surface area contributed by atoms with Crippen LogP contribution < -0.4 is 16.0 Å². The molecule has 1 aromatic rings. The minimum Gasteiger partial charge on any atom is -0.444 e. The number of amides is 2. The molecule has 0 radical (unpaired) electrons. The molecule has 158 valence electrons. The monoisotopic (exact) mass is 422 g/mol. The second-order valence-corrected chi connectivity index (χ2v) is 8.94. The largest absolute Gasteiger partial charge is 0.444 e. The van der Waals surface area contributed by atoms with Crippen molar-refractivity contribution >= 4 is 40.9 Å². The molecule has 2 aliphatic rings. The fourth-order valence-corrected chi connectivity index (χ4v) is 3.74. The van der Waals surface area contributed by atoms with Crippen molar-refractivity contribution in [2.45, 2.75) is 51.7 Å². The van der Waals surface area contributed by atoms with Gasteiger partial charge < -0.3 is 15.2 Å². The second kappa shape index (κ2) is 7.84. The molecule has 29 heavy (non-hydrogen) atoms. The molecule has 1 aromatic carbocycles. The van der Waals surface area contributed by atoms with Crippen molar-refractivity contribution < 1.29 is 19.1 Å². The Morgan fingerprint density at radius 3 is 2.79 bits per heavy atom. The quantitative estimate of drug-likeness (QED) is 0.711. The van der Waals surface area contributed by atoms with Gasteiger partial charge >= 0.3 is 6.09 Å². The summed E-state index contributed by atoms with van der Waals surface area (Å²) < 4.78 is 10.9. The number of carbonyl (C=O) groups is 2. The van der Waals surface area contributed by atoms with Crippen molar-refractivity contribution in [3.05, 3.63) is 23.2 Å². The summed E-state index contributed by atoms with van der Waals surface area (Å²) in [6.45, 7) is 8.32. The number of guanidine groups is 1. The van der Waals surface area contributed by atoms with E-state index in [1.807, 2.05) is 6.92 Å². The number of nitrogens with two attached hydrogens (primary N) is 1. The van der Waals surface area contributed by atoms with E-state index >= 15 is 0 Å². The van der Waals surface area contributed by atoms with Gasteiger partial charge in [0.05, 0.1) is 35.0 Å². The predicted molar refractivity (Wildman–Crippen MR) is 112 cm³/mol. The molecule has 1 fully saturated rings. The number of nitrogen functional groups attached to an aromatic ring is 1. The van der Waals surface area contributed by atoms with E-state index in [0.717, 1.165) is 6.42 Å². The van der Waals surface area contributed by atoms with E-state index in [-0.39, 0.29) is 29.2 Å². The van der Waals surface area contributed by atoms with Crippen LogP contribution in [0.15, 0.2) is 23.2 Å². The first-order valence-corrected chi connectivity index (χ1v) is 9.92. The van der Waals surface area contributed by atoms with Crippen LogP contribution in [0.3, 0.4) is 0 Å². The highest BCUT2D eigenvalue weighted by molar-refractivity contribution is 6.38. The number of nitrogens with one attached hydrogen (secondary N) is 1. The fraction of sp³-hybridized carbons (Fsp3) is 0.550. The van der Waals surface area contributed by atoms with Crippen molar-refractivity contribution in [3.8, 4) is 0 Å². The zero-order valence-corrected chi connectivity index (χ0v) is 17.9. The van der Waals surface area contributed by atoms with E-state index in [0.29, 0.717) is 24.6 Å². The maximum atomic E-state index is 13.2. The Bertz CT molecular complexity index is 845. The Morgan fingerprint density at radius 2 is 2.17 bits per heavy atom. The van der Waals surface area contributed by atoms with Gasteiger partial charge in [-0.2, -0.15) is 0 Å². The molecule has 0 saturated carbocycles. The van der Waals surface area contributed by atoms with Crippen molar-refractivity contribution in [2.75, 3.05) is 23.8 Å². The number of rotatable bonds is 2. The van der Waals surface area contributed by atoms with Crippen molar-refractivity contribution in [3.63, 3.8) is 0 Å². The summed E-state index contributed by atoms with van der Waals surface area (Å²) in [4.78, 5) is 31.7. The van der Waals surface area contributed by atoms with Crippen LogP contribution >= 0.6 is 11.6 Å². The van der Waals surface area contributed by atoms with E-state index in [2.05, 4.69) is 5.32 Å². The van der Waals surface area contributed by atoms with Gasteiger partial charge in [-0.05, 0) is 46.2 Å². The van der Waals surface area contributed by atoms with Gasteiger partial charge in [-0.15, -0.1) is 0 Å². The number of nitrogens with zero attached hydrogens (tertiary/aromatic N) is 2. The van der Waals surface area contributed by atoms with Crippen molar-refractivity contribution in [2.24, 2.45) is 10.9 Å². The lowest BCUT2D eigenvalue weighted by Crippen LogP contribution is -2.56. The number of anilines is 2. The highest BCUT2D eigenvalue weighted by atomic mass is 35.5. The third-order valence-corrected chi connectivity index (χ3v) is 5.41. The molecule has 2 heterocycles. The number of ether oxygens (including phenoxy) is 2. The highest BCUT2D eigenvalue weighted by Gasteiger charge is 2.45. The van der Waals surface area contributed by atoms with Gasteiger partial charge in [0, 0.05) is 12.5 Å². The number of hydrogen-bond donors (Lipinski definition) is 2. The van der Waals surface area contributed by atoms with Gasteiger partial charge in [0.15, 0.2) is 0 Å². The molecule has 3 rings (SSSR count). The van der Waals surface area contributed by atoms with E-state index in [1.54, 1.807) is 39.0 Å². The number of hydrogen-bond acceptors (Lipinski definition) is 6. The first-order chi connectivity index (χ1) is 13.5. The van der Waals surface area contributed by atoms with Gasteiger partial charge in [-0.1, -0.05) is 17.7 Å². The zero-order valence-electron chi connectivity index (χ0n) is 17.1. The second-order valence-electron chi connectivity index (χ2n) is 8.57. The average molecular weight is 423 g/mol. The predicted octanol–water partition coefficient (Wildman–Crippen LogP) is 3.33. The zero-order chi connectivity index (χ0) is 21.4. The molecule has 2 unspecified atom stereocenters. The minimum atomic E-state index is -0.707. The normalized spacial score (nSPS) is 25.0. The Hall–Kier alpha value is -2.32.